The van der Waals surface area contributed by atoms with Crippen molar-refractivity contribution in [3.8, 4) is 0 Å². The summed E-state index contributed by atoms with van der Waals surface area (Å²) in [6, 6.07) is 18.9. The average molecular weight is 532 g/mol. The topological polar surface area (TPSA) is 21.6 Å². The molecule has 2 aromatic carbocycles. The molecule has 0 bridgehead atoms. The van der Waals surface area contributed by atoms with Gasteiger partial charge < -0.3 is 4.74 Å². The Morgan fingerprint density at radius 1 is 0.872 bits per heavy atom. The van der Waals surface area contributed by atoms with Crippen molar-refractivity contribution in [2.24, 2.45) is 22.7 Å². The number of benzene rings is 2. The molecule has 3 heteroatoms. The minimum atomic E-state index is 0.508. The van der Waals surface area contributed by atoms with Crippen LogP contribution in [0.4, 0.5) is 0 Å². The van der Waals surface area contributed by atoms with Crippen LogP contribution in [0.1, 0.15) is 78.9 Å². The van der Waals surface area contributed by atoms with Gasteiger partial charge in [0.2, 0.25) is 0 Å². The molecule has 5 unspecified atom stereocenters. The molecule has 5 atom stereocenters. The van der Waals surface area contributed by atoms with Crippen molar-refractivity contribution in [1.29, 1.82) is 0 Å². The molecular weight excluding hydrogens is 494 g/mol. The summed E-state index contributed by atoms with van der Waals surface area (Å²) >= 11 is 2.04. The number of nitrogens with zero attached hydrogens (tertiary/aromatic N) is 1. The maximum absolute atomic E-state index is 5.71. The third-order valence-electron chi connectivity index (χ3n) is 10.0. The van der Waals surface area contributed by atoms with Crippen LogP contribution in [0, 0.1) is 17.8 Å². The van der Waals surface area contributed by atoms with E-state index in [0.29, 0.717) is 23.8 Å². The van der Waals surface area contributed by atoms with E-state index in [1.54, 1.807) is 4.88 Å². The van der Waals surface area contributed by atoms with Gasteiger partial charge >= 0.3 is 0 Å². The molecule has 0 amide bonds. The normalized spacial score (nSPS) is 30.1. The highest BCUT2D eigenvalue weighted by Gasteiger charge is 2.42. The molecule has 3 heterocycles. The number of aliphatic imine (C=N–C) groups is 1. The number of thiophene rings is 1. The summed E-state index contributed by atoms with van der Waals surface area (Å²) in [5.41, 5.74) is 8.65. The molecule has 3 aromatic rings. The predicted molar refractivity (Wildman–Crippen MR) is 165 cm³/mol. The smallest absolute Gasteiger partial charge is 0.0653 e. The first kappa shape index (κ1) is 24.1. The van der Waals surface area contributed by atoms with Crippen molar-refractivity contribution in [3.05, 3.63) is 88.3 Å². The third-order valence-corrected chi connectivity index (χ3v) is 11.4. The second-order valence-corrected chi connectivity index (χ2v) is 13.3. The monoisotopic (exact) mass is 531 g/mol. The van der Waals surface area contributed by atoms with Gasteiger partial charge in [0.05, 0.1) is 12.6 Å². The number of hydrogen-bond donors (Lipinski definition) is 0. The minimum Gasteiger partial charge on any atom is -0.377 e. The SMILES string of the molecule is C1=CC2C(=NC3CCCCC32)CC1C1CC(c2ccccc2)=Cc2c1sc1ccc(C3=CCOCCC3)cc21. The van der Waals surface area contributed by atoms with E-state index in [-0.39, 0.29) is 0 Å². The van der Waals surface area contributed by atoms with Crippen molar-refractivity contribution in [1.82, 2.24) is 0 Å². The fourth-order valence-corrected chi connectivity index (χ4v) is 9.39. The van der Waals surface area contributed by atoms with Gasteiger partial charge in [-0.1, -0.05) is 67.5 Å². The fraction of sp³-hybridized carbons (Fsp3) is 0.417. The zero-order valence-corrected chi connectivity index (χ0v) is 23.5. The molecule has 3 aliphatic carbocycles. The number of hydrogen-bond acceptors (Lipinski definition) is 3. The lowest BCUT2D eigenvalue weighted by Crippen LogP contribution is -2.29. The molecule has 198 valence electrons. The van der Waals surface area contributed by atoms with Gasteiger partial charge in [0.1, 0.15) is 0 Å². The second kappa shape index (κ2) is 10.0. The molecule has 8 rings (SSSR count). The number of rotatable bonds is 3. The van der Waals surface area contributed by atoms with E-state index in [1.165, 1.54) is 69.3 Å². The summed E-state index contributed by atoms with van der Waals surface area (Å²) in [4.78, 5) is 6.95. The number of fused-ring (bicyclic) bond motifs is 6. The van der Waals surface area contributed by atoms with Crippen LogP contribution in [0.2, 0.25) is 0 Å². The van der Waals surface area contributed by atoms with E-state index in [9.17, 15) is 0 Å². The molecule has 1 aromatic heterocycles. The Morgan fingerprint density at radius 3 is 2.74 bits per heavy atom. The highest BCUT2D eigenvalue weighted by Crippen LogP contribution is 2.52. The zero-order chi connectivity index (χ0) is 25.8. The van der Waals surface area contributed by atoms with Gasteiger partial charge in [-0.3, -0.25) is 4.99 Å². The average Bonchev–Trinajstić information content (AvgIpc) is 3.42. The van der Waals surface area contributed by atoms with Crippen LogP contribution in [0.15, 0.2) is 71.8 Å². The van der Waals surface area contributed by atoms with Crippen molar-refractivity contribution < 1.29 is 4.74 Å². The van der Waals surface area contributed by atoms with Gasteiger partial charge in [-0.05, 0) is 96.4 Å². The van der Waals surface area contributed by atoms with E-state index in [1.807, 2.05) is 11.3 Å². The Kier molecular flexibility index (Phi) is 6.18. The van der Waals surface area contributed by atoms with E-state index in [0.717, 1.165) is 44.8 Å². The number of ether oxygens (including phenoxy) is 1. The van der Waals surface area contributed by atoms with Crippen LogP contribution in [-0.4, -0.2) is 25.0 Å². The maximum atomic E-state index is 5.71. The fourth-order valence-electron chi connectivity index (χ4n) is 8.05. The Hall–Kier alpha value is -2.75. The highest BCUT2D eigenvalue weighted by atomic mass is 32.1. The first-order valence-corrected chi connectivity index (χ1v) is 16.0. The summed E-state index contributed by atoms with van der Waals surface area (Å²) < 4.78 is 7.14. The van der Waals surface area contributed by atoms with Crippen LogP contribution in [0.25, 0.3) is 27.3 Å². The minimum absolute atomic E-state index is 0.508. The molecule has 1 fully saturated rings. The van der Waals surface area contributed by atoms with Gasteiger partial charge in [0.25, 0.3) is 0 Å². The van der Waals surface area contributed by atoms with Gasteiger partial charge in [0, 0.05) is 39.1 Å². The summed E-state index contributed by atoms with van der Waals surface area (Å²) in [6.07, 6.45) is 19.9. The molecule has 2 nitrogen and oxygen atoms in total. The van der Waals surface area contributed by atoms with Crippen molar-refractivity contribution >= 4 is 44.4 Å². The first-order chi connectivity index (χ1) is 19.3. The summed E-state index contributed by atoms with van der Waals surface area (Å²) in [7, 11) is 0. The molecule has 5 aliphatic rings. The molecular formula is C36H37NOS. The van der Waals surface area contributed by atoms with Crippen molar-refractivity contribution in [2.45, 2.75) is 63.3 Å². The molecule has 0 saturated heterocycles. The van der Waals surface area contributed by atoms with Crippen LogP contribution >= 0.6 is 11.3 Å². The van der Waals surface area contributed by atoms with Crippen molar-refractivity contribution in [3.63, 3.8) is 0 Å². The highest BCUT2D eigenvalue weighted by molar-refractivity contribution is 7.19. The lowest BCUT2D eigenvalue weighted by atomic mass is 9.70. The van der Waals surface area contributed by atoms with Gasteiger partial charge in [-0.15, -0.1) is 11.3 Å². The molecule has 39 heavy (non-hydrogen) atoms. The van der Waals surface area contributed by atoms with Crippen LogP contribution in [0.3, 0.4) is 0 Å². The lowest BCUT2D eigenvalue weighted by molar-refractivity contribution is 0.165. The van der Waals surface area contributed by atoms with Crippen molar-refractivity contribution in [2.75, 3.05) is 13.2 Å². The zero-order valence-electron chi connectivity index (χ0n) is 22.6. The lowest BCUT2D eigenvalue weighted by Gasteiger charge is -2.34. The Labute approximate surface area is 236 Å². The summed E-state index contributed by atoms with van der Waals surface area (Å²) in [6.45, 7) is 1.60. The largest absolute Gasteiger partial charge is 0.377 e. The Morgan fingerprint density at radius 2 is 1.79 bits per heavy atom. The molecule has 0 radical (unpaired) electrons. The second-order valence-electron chi connectivity index (χ2n) is 12.3. The summed E-state index contributed by atoms with van der Waals surface area (Å²) in [5.74, 6) is 2.43. The number of allylic oxidation sites excluding steroid dienone is 4. The van der Waals surface area contributed by atoms with E-state index < -0.39 is 0 Å². The molecule has 0 N–H and O–H groups in total. The molecule has 1 saturated carbocycles. The van der Waals surface area contributed by atoms with Gasteiger partial charge in [0.15, 0.2) is 0 Å². The quantitative estimate of drug-likeness (QED) is 0.309. The maximum Gasteiger partial charge on any atom is 0.0653 e. The Balaban J connectivity index is 1.21. The van der Waals surface area contributed by atoms with E-state index in [4.69, 9.17) is 9.73 Å². The van der Waals surface area contributed by atoms with Gasteiger partial charge in [-0.2, -0.15) is 0 Å². The van der Waals surface area contributed by atoms with Crippen LogP contribution < -0.4 is 0 Å². The molecule has 2 aliphatic heterocycles. The van der Waals surface area contributed by atoms with Crippen LogP contribution in [-0.2, 0) is 4.74 Å². The van der Waals surface area contributed by atoms with Crippen LogP contribution in [0.5, 0.6) is 0 Å². The summed E-state index contributed by atoms with van der Waals surface area (Å²) in [5, 5.41) is 1.43. The molecule has 0 spiro atoms. The van der Waals surface area contributed by atoms with Gasteiger partial charge in [-0.25, -0.2) is 0 Å². The van der Waals surface area contributed by atoms with E-state index >= 15 is 0 Å². The Bertz CT molecular complexity index is 1520. The first-order valence-electron chi connectivity index (χ1n) is 15.2. The third kappa shape index (κ3) is 4.30. The van der Waals surface area contributed by atoms with E-state index in [2.05, 4.69) is 72.8 Å². The standard InChI is InChI=1S/C36H37NOS/c1-2-7-23(8-3-1)27-20-30(26-12-14-29-28-10-4-5-11-33(28)37-34(29)22-26)36-32(21-27)31-19-25(13-15-35(31)39-36)24-9-6-17-38-18-16-24/h1-3,7-8,12-16,19,21,26,28-30,33H,4-6,9-11,17-18,20,22H2. The predicted octanol–water partition coefficient (Wildman–Crippen LogP) is 9.33.